The molecule has 0 fully saturated rings. The van der Waals surface area contributed by atoms with Gasteiger partial charge < -0.3 is 9.32 Å². The first-order chi connectivity index (χ1) is 11.1. The van der Waals surface area contributed by atoms with Crippen LogP contribution in [0.5, 0.6) is 0 Å². The summed E-state index contributed by atoms with van der Waals surface area (Å²) in [5, 5.41) is 0.582. The highest BCUT2D eigenvalue weighted by Crippen LogP contribution is 2.28. The fourth-order valence-electron chi connectivity index (χ4n) is 2.38. The van der Waals surface area contributed by atoms with Crippen LogP contribution in [-0.4, -0.2) is 24.1 Å². The number of hydrogen-bond acceptors (Lipinski definition) is 6. The molecule has 2 aromatic carbocycles. The minimum absolute atomic E-state index is 0.260. The Morgan fingerprint density at radius 2 is 1.87 bits per heavy atom. The molecule has 5 nitrogen and oxygen atoms in total. The Kier molecular flexibility index (Phi) is 3.12. The lowest BCUT2D eigenvalue weighted by atomic mass is 10.2. The number of anilines is 1. The number of aromatic nitrogens is 2. The molecule has 4 rings (SSSR count). The van der Waals surface area contributed by atoms with Crippen LogP contribution in [0.15, 0.2) is 51.7 Å². The highest BCUT2D eigenvalue weighted by Gasteiger charge is 2.14. The van der Waals surface area contributed by atoms with Crippen LogP contribution in [0.2, 0.25) is 0 Å². The number of para-hydroxylation sites is 1. The van der Waals surface area contributed by atoms with Gasteiger partial charge in [-0.3, -0.25) is 0 Å². The van der Waals surface area contributed by atoms with Gasteiger partial charge in [-0.1, -0.05) is 12.1 Å². The Hall–Kier alpha value is -2.73. The molecule has 0 atom stereocenters. The smallest absolute Gasteiger partial charge is 0.365 e. The molecule has 2 heterocycles. The summed E-state index contributed by atoms with van der Waals surface area (Å²) in [7, 11) is 3.87. The third-order valence-corrected chi connectivity index (χ3v) is 4.63. The van der Waals surface area contributed by atoms with Crippen LogP contribution in [0.3, 0.4) is 0 Å². The molecule has 0 unspecified atom stereocenters. The molecule has 0 spiro atoms. The second kappa shape index (κ2) is 5.17. The van der Waals surface area contributed by atoms with Crippen LogP contribution < -0.4 is 10.5 Å². The molecule has 0 radical (unpaired) electrons. The lowest BCUT2D eigenvalue weighted by Gasteiger charge is -2.12. The molecule has 0 aliphatic heterocycles. The number of thiazole rings is 1. The van der Waals surface area contributed by atoms with E-state index in [2.05, 4.69) is 9.97 Å². The fourth-order valence-corrected chi connectivity index (χ4v) is 3.32. The average Bonchev–Trinajstić information content (AvgIpc) is 2.97. The topological polar surface area (TPSA) is 59.2 Å². The van der Waals surface area contributed by atoms with Crippen molar-refractivity contribution in [2.45, 2.75) is 0 Å². The van der Waals surface area contributed by atoms with Crippen molar-refractivity contribution in [2.24, 2.45) is 0 Å². The van der Waals surface area contributed by atoms with E-state index in [1.807, 2.05) is 61.5 Å². The minimum Gasteiger partial charge on any atom is -0.419 e. The summed E-state index contributed by atoms with van der Waals surface area (Å²) < 4.78 is 6.48. The van der Waals surface area contributed by atoms with Gasteiger partial charge in [-0.15, -0.1) is 11.3 Å². The number of hydrogen-bond donors (Lipinski definition) is 0. The lowest BCUT2D eigenvalue weighted by molar-refractivity contribution is 0.558. The third-order valence-electron chi connectivity index (χ3n) is 3.58. The summed E-state index contributed by atoms with van der Waals surface area (Å²) >= 11 is 1.44. The van der Waals surface area contributed by atoms with Crippen LogP contribution in [0.1, 0.15) is 0 Å². The first-order valence-corrected chi connectivity index (χ1v) is 7.91. The van der Waals surface area contributed by atoms with E-state index in [4.69, 9.17) is 4.42 Å². The first-order valence-electron chi connectivity index (χ1n) is 7.10. The lowest BCUT2D eigenvalue weighted by Crippen LogP contribution is -2.09. The number of benzene rings is 2. The van der Waals surface area contributed by atoms with Crippen LogP contribution in [0, 0.1) is 0 Å². The quantitative estimate of drug-likeness (QED) is 0.565. The van der Waals surface area contributed by atoms with Crippen LogP contribution >= 0.6 is 11.3 Å². The van der Waals surface area contributed by atoms with Gasteiger partial charge >= 0.3 is 5.63 Å². The zero-order chi connectivity index (χ0) is 16.0. The van der Waals surface area contributed by atoms with Gasteiger partial charge in [0.25, 0.3) is 0 Å². The number of fused-ring (bicyclic) bond motifs is 2. The van der Waals surface area contributed by atoms with Gasteiger partial charge in [-0.05, 0) is 24.3 Å². The maximum Gasteiger partial charge on any atom is 0.365 e. The van der Waals surface area contributed by atoms with Crippen molar-refractivity contribution in [3.63, 3.8) is 0 Å². The van der Waals surface area contributed by atoms with E-state index < -0.39 is 5.63 Å². The van der Waals surface area contributed by atoms with Crippen molar-refractivity contribution in [3.8, 4) is 10.7 Å². The Morgan fingerprint density at radius 3 is 2.65 bits per heavy atom. The fraction of sp³-hybridized carbons (Fsp3) is 0.118. The molecule has 0 aliphatic rings. The van der Waals surface area contributed by atoms with Gasteiger partial charge in [-0.2, -0.15) is 0 Å². The minimum atomic E-state index is -0.465. The third kappa shape index (κ3) is 2.37. The molecule has 0 amide bonds. The maximum atomic E-state index is 12.3. The summed E-state index contributed by atoms with van der Waals surface area (Å²) in [5.74, 6) is 0. The molecule has 23 heavy (non-hydrogen) atoms. The van der Waals surface area contributed by atoms with Crippen molar-refractivity contribution in [2.75, 3.05) is 19.0 Å². The Morgan fingerprint density at radius 1 is 1.04 bits per heavy atom. The highest BCUT2D eigenvalue weighted by atomic mass is 32.1. The molecule has 4 aromatic rings. The van der Waals surface area contributed by atoms with Gasteiger partial charge in [0, 0.05) is 25.8 Å². The Labute approximate surface area is 135 Å². The van der Waals surface area contributed by atoms with Gasteiger partial charge in [0.1, 0.15) is 5.52 Å². The van der Waals surface area contributed by atoms with Gasteiger partial charge in [0.15, 0.2) is 16.3 Å². The van der Waals surface area contributed by atoms with E-state index in [-0.39, 0.29) is 5.69 Å². The van der Waals surface area contributed by atoms with Gasteiger partial charge in [0.2, 0.25) is 0 Å². The van der Waals surface area contributed by atoms with E-state index in [0.717, 1.165) is 15.9 Å². The molecule has 0 bridgehead atoms. The Bertz CT molecular complexity index is 1050. The van der Waals surface area contributed by atoms with E-state index >= 15 is 0 Å². The molecule has 114 valence electrons. The maximum absolute atomic E-state index is 12.3. The van der Waals surface area contributed by atoms with Gasteiger partial charge in [0.05, 0.1) is 10.2 Å². The monoisotopic (exact) mass is 323 g/mol. The SMILES string of the molecule is CN(C)c1ccc2nc(-c3nc4ccccc4s3)c(=O)oc2c1. The molecule has 0 saturated heterocycles. The number of rotatable bonds is 2. The average molecular weight is 323 g/mol. The van der Waals surface area contributed by atoms with E-state index in [1.54, 1.807) is 0 Å². The van der Waals surface area contributed by atoms with E-state index in [0.29, 0.717) is 16.1 Å². The molecule has 2 aromatic heterocycles. The van der Waals surface area contributed by atoms with Crippen LogP contribution in [0.4, 0.5) is 5.69 Å². The van der Waals surface area contributed by atoms with Gasteiger partial charge in [-0.25, -0.2) is 14.8 Å². The molecule has 0 saturated carbocycles. The largest absolute Gasteiger partial charge is 0.419 e. The summed E-state index contributed by atoms with van der Waals surface area (Å²) in [6.07, 6.45) is 0. The highest BCUT2D eigenvalue weighted by molar-refractivity contribution is 7.21. The van der Waals surface area contributed by atoms with Crippen LogP contribution in [-0.2, 0) is 0 Å². The van der Waals surface area contributed by atoms with Crippen molar-refractivity contribution in [3.05, 3.63) is 52.9 Å². The summed E-state index contributed by atoms with van der Waals surface area (Å²) in [5.41, 5.74) is 2.73. The molecule has 6 heteroatoms. The second-order valence-corrected chi connectivity index (χ2v) is 6.41. The van der Waals surface area contributed by atoms with E-state index in [1.165, 1.54) is 11.3 Å². The predicted octanol–water partition coefficient (Wildman–Crippen LogP) is 3.53. The summed E-state index contributed by atoms with van der Waals surface area (Å²) in [6, 6.07) is 13.4. The zero-order valence-electron chi connectivity index (χ0n) is 12.6. The van der Waals surface area contributed by atoms with Crippen molar-refractivity contribution >= 4 is 38.3 Å². The molecular formula is C17H13N3O2S. The first kappa shape index (κ1) is 13.9. The molecule has 0 N–H and O–H groups in total. The van der Waals surface area contributed by atoms with Crippen molar-refractivity contribution in [1.82, 2.24) is 9.97 Å². The normalized spacial score (nSPS) is 11.2. The standard InChI is InChI=1S/C17H13N3O2S/c1-20(2)10-7-8-11-13(9-10)22-17(21)15(18-11)16-19-12-5-3-4-6-14(12)23-16/h3-9H,1-2H3. The second-order valence-electron chi connectivity index (χ2n) is 5.38. The Balaban J connectivity index is 1.91. The molecular weight excluding hydrogens is 310 g/mol. The van der Waals surface area contributed by atoms with Crippen LogP contribution in [0.25, 0.3) is 32.0 Å². The van der Waals surface area contributed by atoms with Crippen molar-refractivity contribution < 1.29 is 4.42 Å². The molecule has 0 aliphatic carbocycles. The predicted molar refractivity (Wildman–Crippen MR) is 93.2 cm³/mol. The van der Waals surface area contributed by atoms with Crippen molar-refractivity contribution in [1.29, 1.82) is 0 Å². The summed E-state index contributed by atoms with van der Waals surface area (Å²) in [6.45, 7) is 0. The zero-order valence-corrected chi connectivity index (χ0v) is 13.4. The van der Waals surface area contributed by atoms with E-state index in [9.17, 15) is 4.79 Å². The summed E-state index contributed by atoms with van der Waals surface area (Å²) in [4.78, 5) is 23.2. The number of nitrogens with zero attached hydrogens (tertiary/aromatic N) is 3.